The Morgan fingerprint density at radius 1 is 0.938 bits per heavy atom. The Bertz CT molecular complexity index is 487. The van der Waals surface area contributed by atoms with Crippen LogP contribution in [0.15, 0.2) is 42.5 Å². The van der Waals surface area contributed by atoms with E-state index in [-0.39, 0.29) is 0 Å². The minimum absolute atomic E-state index is 1.18. The van der Waals surface area contributed by atoms with E-state index >= 15 is 0 Å². The first-order valence-electron chi connectivity index (χ1n) is 6.09. The molecule has 0 radical (unpaired) electrons. The standard InChI is InChI=1S/C16H16/c1-2-7-13(8-3-1)16-12-6-10-14-9-4-5-11-15(14)16/h1-2,5-7,10-12H,3-4,8-9H2. The highest BCUT2D eigenvalue weighted by molar-refractivity contribution is 5.78. The number of hydrogen-bond donors (Lipinski definition) is 0. The second kappa shape index (κ2) is 4.13. The van der Waals surface area contributed by atoms with Gasteiger partial charge in [0.2, 0.25) is 0 Å². The lowest BCUT2D eigenvalue weighted by Crippen LogP contribution is -1.99. The van der Waals surface area contributed by atoms with Crippen LogP contribution in [0.2, 0.25) is 0 Å². The van der Waals surface area contributed by atoms with Crippen molar-refractivity contribution in [1.29, 1.82) is 0 Å². The smallest absolute Gasteiger partial charge is 0.0149 e. The summed E-state index contributed by atoms with van der Waals surface area (Å²) in [5.74, 6) is 0. The van der Waals surface area contributed by atoms with Crippen LogP contribution in [0.4, 0.5) is 0 Å². The zero-order chi connectivity index (χ0) is 10.8. The number of hydrogen-bond acceptors (Lipinski definition) is 0. The van der Waals surface area contributed by atoms with E-state index < -0.39 is 0 Å². The highest BCUT2D eigenvalue weighted by atomic mass is 14.2. The fourth-order valence-electron chi connectivity index (χ4n) is 2.57. The molecule has 0 saturated carbocycles. The number of benzene rings is 1. The zero-order valence-electron chi connectivity index (χ0n) is 9.45. The molecular weight excluding hydrogens is 192 g/mol. The predicted octanol–water partition coefficient (Wildman–Crippen LogP) is 4.38. The Kier molecular flexibility index (Phi) is 2.49. The van der Waals surface area contributed by atoms with E-state index in [1.165, 1.54) is 47.9 Å². The number of fused-ring (bicyclic) bond motifs is 1. The third-order valence-electron chi connectivity index (χ3n) is 3.42. The van der Waals surface area contributed by atoms with Gasteiger partial charge in [0.05, 0.1) is 0 Å². The summed E-state index contributed by atoms with van der Waals surface area (Å²) >= 11 is 0. The summed E-state index contributed by atoms with van der Waals surface area (Å²) in [6, 6.07) is 6.73. The molecule has 0 atom stereocenters. The lowest BCUT2D eigenvalue weighted by atomic mass is 9.87. The van der Waals surface area contributed by atoms with Gasteiger partial charge >= 0.3 is 0 Å². The van der Waals surface area contributed by atoms with E-state index in [2.05, 4.69) is 48.6 Å². The first-order valence-corrected chi connectivity index (χ1v) is 6.09. The summed E-state index contributed by atoms with van der Waals surface area (Å²) < 4.78 is 0. The lowest BCUT2D eigenvalue weighted by molar-refractivity contribution is 0.980. The molecule has 0 fully saturated rings. The highest BCUT2D eigenvalue weighted by Gasteiger charge is 2.12. The van der Waals surface area contributed by atoms with Gasteiger partial charge in [0, 0.05) is 0 Å². The Balaban J connectivity index is 2.11. The van der Waals surface area contributed by atoms with Crippen LogP contribution < -0.4 is 0 Å². The second-order valence-electron chi connectivity index (χ2n) is 4.48. The molecule has 0 heteroatoms. The minimum Gasteiger partial charge on any atom is -0.0842 e. The Morgan fingerprint density at radius 3 is 2.75 bits per heavy atom. The predicted molar refractivity (Wildman–Crippen MR) is 70.1 cm³/mol. The largest absolute Gasteiger partial charge is 0.0842 e. The second-order valence-corrected chi connectivity index (χ2v) is 4.48. The van der Waals surface area contributed by atoms with Crippen LogP contribution in [0.5, 0.6) is 0 Å². The molecule has 2 aliphatic carbocycles. The van der Waals surface area contributed by atoms with E-state index in [9.17, 15) is 0 Å². The molecule has 0 N–H and O–H groups in total. The van der Waals surface area contributed by atoms with Gasteiger partial charge in [0.25, 0.3) is 0 Å². The molecule has 0 aliphatic heterocycles. The van der Waals surface area contributed by atoms with Crippen molar-refractivity contribution >= 4 is 11.6 Å². The SMILES string of the molecule is C1=CCCC(c2cccc3c2C=CCC3)=C1. The van der Waals surface area contributed by atoms with Crippen LogP contribution in [-0.2, 0) is 6.42 Å². The maximum absolute atomic E-state index is 2.30. The molecule has 1 aromatic rings. The Hall–Kier alpha value is -1.56. The number of allylic oxidation sites excluding steroid dienone is 5. The van der Waals surface area contributed by atoms with Gasteiger partial charge in [-0.25, -0.2) is 0 Å². The summed E-state index contributed by atoms with van der Waals surface area (Å²) in [6.07, 6.45) is 16.0. The van der Waals surface area contributed by atoms with Crippen molar-refractivity contribution in [2.75, 3.05) is 0 Å². The fourth-order valence-corrected chi connectivity index (χ4v) is 2.57. The van der Waals surface area contributed by atoms with E-state index in [0.717, 1.165) is 0 Å². The van der Waals surface area contributed by atoms with Gasteiger partial charge in [-0.3, -0.25) is 0 Å². The average Bonchev–Trinajstić information content (AvgIpc) is 2.39. The molecule has 0 unspecified atom stereocenters. The van der Waals surface area contributed by atoms with Crippen LogP contribution in [0.1, 0.15) is 36.0 Å². The summed E-state index contributed by atoms with van der Waals surface area (Å²) in [7, 11) is 0. The molecule has 0 nitrogen and oxygen atoms in total. The first-order chi connectivity index (χ1) is 7.95. The Morgan fingerprint density at radius 2 is 1.88 bits per heavy atom. The summed E-state index contributed by atoms with van der Waals surface area (Å²) in [5, 5.41) is 0. The molecule has 0 heterocycles. The summed E-state index contributed by atoms with van der Waals surface area (Å²) in [6.45, 7) is 0. The van der Waals surface area contributed by atoms with Crippen molar-refractivity contribution < 1.29 is 0 Å². The molecular formula is C16H16. The van der Waals surface area contributed by atoms with Crippen LogP contribution in [-0.4, -0.2) is 0 Å². The zero-order valence-corrected chi connectivity index (χ0v) is 9.45. The molecule has 0 spiro atoms. The van der Waals surface area contributed by atoms with Gasteiger partial charge in [0.15, 0.2) is 0 Å². The molecule has 0 bridgehead atoms. The molecule has 3 rings (SSSR count). The quantitative estimate of drug-likeness (QED) is 0.642. The maximum Gasteiger partial charge on any atom is -0.0149 e. The number of aryl methyl sites for hydroxylation is 1. The molecule has 16 heavy (non-hydrogen) atoms. The monoisotopic (exact) mass is 208 g/mol. The van der Waals surface area contributed by atoms with Crippen LogP contribution in [0.3, 0.4) is 0 Å². The fraction of sp³-hybridized carbons (Fsp3) is 0.250. The van der Waals surface area contributed by atoms with Crippen molar-refractivity contribution in [3.05, 3.63) is 59.2 Å². The van der Waals surface area contributed by atoms with Crippen LogP contribution >= 0.6 is 0 Å². The van der Waals surface area contributed by atoms with Crippen LogP contribution in [0.25, 0.3) is 11.6 Å². The van der Waals surface area contributed by atoms with Crippen molar-refractivity contribution in [1.82, 2.24) is 0 Å². The minimum atomic E-state index is 1.18. The van der Waals surface area contributed by atoms with Gasteiger partial charge in [-0.1, -0.05) is 48.6 Å². The highest BCUT2D eigenvalue weighted by Crippen LogP contribution is 2.31. The molecule has 0 saturated heterocycles. The van der Waals surface area contributed by atoms with Crippen molar-refractivity contribution in [3.63, 3.8) is 0 Å². The first kappa shape index (κ1) is 9.65. The van der Waals surface area contributed by atoms with Crippen molar-refractivity contribution in [2.24, 2.45) is 0 Å². The van der Waals surface area contributed by atoms with E-state index in [4.69, 9.17) is 0 Å². The van der Waals surface area contributed by atoms with Gasteiger partial charge in [-0.05, 0) is 47.9 Å². The van der Waals surface area contributed by atoms with Gasteiger partial charge < -0.3 is 0 Å². The van der Waals surface area contributed by atoms with E-state index in [0.29, 0.717) is 0 Å². The molecule has 0 amide bonds. The summed E-state index contributed by atoms with van der Waals surface area (Å²) in [4.78, 5) is 0. The van der Waals surface area contributed by atoms with Gasteiger partial charge in [-0.15, -0.1) is 0 Å². The van der Waals surface area contributed by atoms with Crippen molar-refractivity contribution in [2.45, 2.75) is 25.7 Å². The lowest BCUT2D eigenvalue weighted by Gasteiger charge is -2.17. The Labute approximate surface area is 97.0 Å². The third kappa shape index (κ3) is 1.65. The molecule has 1 aromatic carbocycles. The van der Waals surface area contributed by atoms with Gasteiger partial charge in [-0.2, -0.15) is 0 Å². The summed E-state index contributed by atoms with van der Waals surface area (Å²) in [5.41, 5.74) is 5.90. The third-order valence-corrected chi connectivity index (χ3v) is 3.42. The molecule has 80 valence electrons. The van der Waals surface area contributed by atoms with E-state index in [1.807, 2.05) is 0 Å². The normalized spacial score (nSPS) is 18.1. The topological polar surface area (TPSA) is 0 Å². The number of rotatable bonds is 1. The molecule has 0 aromatic heterocycles. The van der Waals surface area contributed by atoms with Gasteiger partial charge in [0.1, 0.15) is 0 Å². The average molecular weight is 208 g/mol. The molecule has 2 aliphatic rings. The van der Waals surface area contributed by atoms with Crippen molar-refractivity contribution in [3.8, 4) is 0 Å². The van der Waals surface area contributed by atoms with Crippen LogP contribution in [0, 0.1) is 0 Å². The van der Waals surface area contributed by atoms with E-state index in [1.54, 1.807) is 0 Å². The maximum atomic E-state index is 2.30.